The summed E-state index contributed by atoms with van der Waals surface area (Å²) in [6, 6.07) is 9.04. The van der Waals surface area contributed by atoms with Crippen LogP contribution in [0.1, 0.15) is 43.7 Å². The lowest BCUT2D eigenvalue weighted by atomic mass is 9.90. The lowest BCUT2D eigenvalue weighted by Gasteiger charge is -2.31. The molecule has 1 heterocycles. The van der Waals surface area contributed by atoms with Gasteiger partial charge in [0.2, 0.25) is 11.8 Å². The van der Waals surface area contributed by atoms with Gasteiger partial charge in [-0.3, -0.25) is 9.59 Å². The van der Waals surface area contributed by atoms with E-state index in [1.54, 1.807) is 14.0 Å². The first-order valence-electron chi connectivity index (χ1n) is 10.8. The third-order valence-electron chi connectivity index (χ3n) is 5.93. The van der Waals surface area contributed by atoms with Crippen LogP contribution in [0.25, 0.3) is 0 Å². The van der Waals surface area contributed by atoms with E-state index >= 15 is 0 Å². The fourth-order valence-corrected chi connectivity index (χ4v) is 3.95. The first-order chi connectivity index (χ1) is 14.1. The summed E-state index contributed by atoms with van der Waals surface area (Å²) in [5.74, 6) is 0.891. The molecule has 1 aromatic carbocycles. The third kappa shape index (κ3) is 6.82. The van der Waals surface area contributed by atoms with Crippen molar-refractivity contribution in [1.29, 1.82) is 0 Å². The van der Waals surface area contributed by atoms with E-state index in [1.165, 1.54) is 5.56 Å². The molecule has 0 aromatic heterocycles. The van der Waals surface area contributed by atoms with Crippen LogP contribution in [0, 0.1) is 5.92 Å². The van der Waals surface area contributed by atoms with Gasteiger partial charge in [-0.1, -0.05) is 24.3 Å². The van der Waals surface area contributed by atoms with Crippen LogP contribution < -0.4 is 0 Å². The quantitative estimate of drug-likeness (QED) is 0.565. The maximum absolute atomic E-state index is 12.5. The predicted molar refractivity (Wildman–Crippen MR) is 111 cm³/mol. The number of likely N-dealkylation sites (tertiary alicyclic amines) is 1. The molecule has 0 spiro atoms. The average molecular weight is 403 g/mol. The molecule has 6 nitrogen and oxygen atoms in total. The largest absolute Gasteiger partial charge is 0.382 e. The summed E-state index contributed by atoms with van der Waals surface area (Å²) in [7, 11) is 1.63. The Morgan fingerprint density at radius 3 is 2.28 bits per heavy atom. The minimum Gasteiger partial charge on any atom is -0.382 e. The molecule has 1 aromatic rings. The average Bonchev–Trinajstić information content (AvgIpc) is 3.56. The highest BCUT2D eigenvalue weighted by Gasteiger charge is 2.32. The zero-order valence-electron chi connectivity index (χ0n) is 17.8. The van der Waals surface area contributed by atoms with Gasteiger partial charge >= 0.3 is 0 Å². The molecule has 0 N–H and O–H groups in total. The Labute approximate surface area is 174 Å². The number of rotatable bonds is 10. The van der Waals surface area contributed by atoms with Crippen molar-refractivity contribution in [2.45, 2.75) is 51.6 Å². The number of hydrogen-bond donors (Lipinski definition) is 0. The highest BCUT2D eigenvalue weighted by Crippen LogP contribution is 2.29. The molecule has 29 heavy (non-hydrogen) atoms. The SMILES string of the molecule is COCCOCC(=O)N(Cc1ccc(CC2CCN(C(C)=O)CC2)cc1)C1CC1. The number of methoxy groups -OCH3 is 1. The van der Waals surface area contributed by atoms with Gasteiger partial charge in [0.25, 0.3) is 0 Å². The molecule has 0 bridgehead atoms. The van der Waals surface area contributed by atoms with Crippen molar-refractivity contribution in [3.05, 3.63) is 35.4 Å². The summed E-state index contributed by atoms with van der Waals surface area (Å²) in [6.07, 6.45) is 5.38. The van der Waals surface area contributed by atoms with E-state index in [1.807, 2.05) is 9.80 Å². The Kier molecular flexibility index (Phi) is 8.07. The summed E-state index contributed by atoms with van der Waals surface area (Å²) >= 11 is 0. The smallest absolute Gasteiger partial charge is 0.249 e. The minimum atomic E-state index is 0.0601. The molecular formula is C23H34N2O4. The second-order valence-electron chi connectivity index (χ2n) is 8.27. The van der Waals surface area contributed by atoms with E-state index in [0.29, 0.717) is 31.7 Å². The molecule has 2 amide bonds. The van der Waals surface area contributed by atoms with Crippen LogP contribution in [0.4, 0.5) is 0 Å². The first kappa shape index (κ1) is 21.8. The summed E-state index contributed by atoms with van der Waals surface area (Å²) in [5.41, 5.74) is 2.50. The molecule has 1 aliphatic heterocycles. The Morgan fingerprint density at radius 2 is 1.69 bits per heavy atom. The van der Waals surface area contributed by atoms with Crippen molar-refractivity contribution in [3.63, 3.8) is 0 Å². The van der Waals surface area contributed by atoms with Crippen molar-refractivity contribution < 1.29 is 19.1 Å². The van der Waals surface area contributed by atoms with Crippen LogP contribution >= 0.6 is 0 Å². The van der Waals surface area contributed by atoms with Gasteiger partial charge in [-0.05, 0) is 49.1 Å². The molecular weight excluding hydrogens is 368 g/mol. The van der Waals surface area contributed by atoms with Crippen LogP contribution in [-0.2, 0) is 32.0 Å². The van der Waals surface area contributed by atoms with E-state index in [4.69, 9.17) is 9.47 Å². The summed E-state index contributed by atoms with van der Waals surface area (Å²) < 4.78 is 10.4. The van der Waals surface area contributed by atoms with Gasteiger partial charge in [-0.25, -0.2) is 0 Å². The summed E-state index contributed by atoms with van der Waals surface area (Å²) in [5, 5.41) is 0. The van der Waals surface area contributed by atoms with Gasteiger partial charge in [-0.15, -0.1) is 0 Å². The third-order valence-corrected chi connectivity index (χ3v) is 5.93. The number of ether oxygens (including phenoxy) is 2. The normalized spacial score (nSPS) is 17.4. The van der Waals surface area contributed by atoms with Gasteiger partial charge in [0.1, 0.15) is 6.61 Å². The van der Waals surface area contributed by atoms with Crippen LogP contribution in [0.15, 0.2) is 24.3 Å². The van der Waals surface area contributed by atoms with Gasteiger partial charge in [0.15, 0.2) is 0 Å². The number of benzene rings is 1. The van der Waals surface area contributed by atoms with Crippen LogP contribution in [0.3, 0.4) is 0 Å². The summed E-state index contributed by atoms with van der Waals surface area (Å²) in [6.45, 7) is 5.13. The molecule has 3 rings (SSSR count). The molecule has 2 fully saturated rings. The van der Waals surface area contributed by atoms with Crippen molar-refractivity contribution in [1.82, 2.24) is 9.80 Å². The lowest BCUT2D eigenvalue weighted by Crippen LogP contribution is -2.37. The van der Waals surface area contributed by atoms with Crippen molar-refractivity contribution in [3.8, 4) is 0 Å². The maximum atomic E-state index is 12.5. The fraction of sp³-hybridized carbons (Fsp3) is 0.652. The van der Waals surface area contributed by atoms with E-state index in [-0.39, 0.29) is 18.4 Å². The summed E-state index contributed by atoms with van der Waals surface area (Å²) in [4.78, 5) is 27.9. The second-order valence-corrected chi connectivity index (χ2v) is 8.27. The van der Waals surface area contributed by atoms with Crippen LogP contribution in [0.2, 0.25) is 0 Å². The molecule has 0 radical (unpaired) electrons. The fourth-order valence-electron chi connectivity index (χ4n) is 3.95. The highest BCUT2D eigenvalue weighted by molar-refractivity contribution is 5.78. The van der Waals surface area contributed by atoms with Crippen molar-refractivity contribution >= 4 is 11.8 Å². The van der Waals surface area contributed by atoms with E-state index in [0.717, 1.165) is 50.8 Å². The number of amides is 2. The second kappa shape index (κ2) is 10.7. The Bertz CT molecular complexity index is 664. The molecule has 1 saturated heterocycles. The molecule has 6 heteroatoms. The highest BCUT2D eigenvalue weighted by atomic mass is 16.5. The van der Waals surface area contributed by atoms with Crippen LogP contribution in [-0.4, -0.2) is 67.7 Å². The maximum Gasteiger partial charge on any atom is 0.249 e. The number of carbonyl (C=O) groups is 2. The van der Waals surface area contributed by atoms with Crippen molar-refractivity contribution in [2.24, 2.45) is 5.92 Å². The van der Waals surface area contributed by atoms with E-state index in [2.05, 4.69) is 24.3 Å². The molecule has 0 atom stereocenters. The molecule has 1 aliphatic carbocycles. The van der Waals surface area contributed by atoms with E-state index in [9.17, 15) is 9.59 Å². The predicted octanol–water partition coefficient (Wildman–Crippen LogP) is 2.64. The van der Waals surface area contributed by atoms with Gasteiger partial charge in [0.05, 0.1) is 13.2 Å². The molecule has 160 valence electrons. The Balaban J connectivity index is 1.47. The number of nitrogens with zero attached hydrogens (tertiary/aromatic N) is 2. The van der Waals surface area contributed by atoms with Gasteiger partial charge in [0, 0.05) is 39.7 Å². The Morgan fingerprint density at radius 1 is 1.03 bits per heavy atom. The molecule has 1 saturated carbocycles. The zero-order chi connectivity index (χ0) is 20.6. The van der Waals surface area contributed by atoms with Crippen molar-refractivity contribution in [2.75, 3.05) is 40.0 Å². The lowest BCUT2D eigenvalue weighted by molar-refractivity contribution is -0.137. The molecule has 2 aliphatic rings. The number of carbonyl (C=O) groups excluding carboxylic acids is 2. The Hall–Kier alpha value is -1.92. The topological polar surface area (TPSA) is 59.1 Å². The monoisotopic (exact) mass is 402 g/mol. The first-order valence-corrected chi connectivity index (χ1v) is 10.8. The van der Waals surface area contributed by atoms with Gasteiger partial charge < -0.3 is 19.3 Å². The standard InChI is InChI=1S/C23H34N2O4/c1-18(26)24-11-9-20(10-12-24)15-19-3-5-21(6-4-19)16-25(22-7-8-22)23(27)17-29-14-13-28-2/h3-6,20,22H,7-17H2,1-2H3. The van der Waals surface area contributed by atoms with E-state index < -0.39 is 0 Å². The molecule has 0 unspecified atom stereocenters. The number of piperidine rings is 1. The minimum absolute atomic E-state index is 0.0601. The zero-order valence-corrected chi connectivity index (χ0v) is 17.8. The van der Waals surface area contributed by atoms with Gasteiger partial charge in [-0.2, -0.15) is 0 Å². The van der Waals surface area contributed by atoms with Crippen LogP contribution in [0.5, 0.6) is 0 Å². The number of hydrogen-bond acceptors (Lipinski definition) is 4.